The number of anilines is 1. The lowest BCUT2D eigenvalue weighted by Crippen LogP contribution is -2.37. The second kappa shape index (κ2) is 5.41. The lowest BCUT2D eigenvalue weighted by atomic mass is 9.90. The van der Waals surface area contributed by atoms with E-state index in [4.69, 9.17) is 9.47 Å². The molecule has 1 aromatic rings. The highest BCUT2D eigenvalue weighted by Crippen LogP contribution is 2.41. The van der Waals surface area contributed by atoms with Crippen LogP contribution in [-0.4, -0.2) is 36.9 Å². The number of nitrogens with one attached hydrogen (secondary N) is 1. The number of benzene rings is 1. The zero-order valence-corrected chi connectivity index (χ0v) is 13.5. The van der Waals surface area contributed by atoms with Crippen molar-refractivity contribution in [2.75, 3.05) is 25.5 Å². The van der Waals surface area contributed by atoms with E-state index in [1.165, 1.54) is 25.9 Å². The Morgan fingerprint density at radius 1 is 1.19 bits per heavy atom. The summed E-state index contributed by atoms with van der Waals surface area (Å²) >= 11 is 0. The molecule has 2 aliphatic heterocycles. The van der Waals surface area contributed by atoms with Crippen LogP contribution in [0.4, 0.5) is 5.69 Å². The molecule has 1 unspecified atom stereocenters. The molecule has 1 aromatic carbocycles. The van der Waals surface area contributed by atoms with Gasteiger partial charge in [0.2, 0.25) is 5.79 Å². The van der Waals surface area contributed by atoms with E-state index in [0.29, 0.717) is 6.04 Å². The van der Waals surface area contributed by atoms with Gasteiger partial charge in [-0.25, -0.2) is 0 Å². The third-order valence-corrected chi connectivity index (χ3v) is 4.52. The number of ether oxygens (including phenoxy) is 2. The van der Waals surface area contributed by atoms with E-state index in [1.807, 2.05) is 19.9 Å². The lowest BCUT2D eigenvalue weighted by Gasteiger charge is -2.33. The highest BCUT2D eigenvalue weighted by molar-refractivity contribution is 5.56. The largest absolute Gasteiger partial charge is 0.449 e. The second-order valence-corrected chi connectivity index (χ2v) is 6.84. The SMILES string of the molecule is CC(Nc1ccc2c(c1)OC(C)(C)O2)C1CCN(C)CC1. The maximum atomic E-state index is 5.81. The first-order chi connectivity index (χ1) is 9.93. The average Bonchev–Trinajstić information content (AvgIpc) is 2.72. The van der Waals surface area contributed by atoms with Gasteiger partial charge in [0, 0.05) is 31.6 Å². The first kappa shape index (κ1) is 14.5. The maximum absolute atomic E-state index is 5.81. The van der Waals surface area contributed by atoms with Gasteiger partial charge in [-0.2, -0.15) is 0 Å². The molecule has 0 aromatic heterocycles. The number of hydrogen-bond donors (Lipinski definition) is 1. The Labute approximate surface area is 127 Å². The van der Waals surface area contributed by atoms with Crippen molar-refractivity contribution in [3.63, 3.8) is 0 Å². The molecule has 0 amide bonds. The third kappa shape index (κ3) is 3.26. The molecule has 0 spiro atoms. The van der Waals surface area contributed by atoms with E-state index in [1.54, 1.807) is 0 Å². The van der Waals surface area contributed by atoms with Gasteiger partial charge in [-0.15, -0.1) is 0 Å². The molecule has 1 atom stereocenters. The lowest BCUT2D eigenvalue weighted by molar-refractivity contribution is -0.0431. The number of rotatable bonds is 3. The zero-order valence-electron chi connectivity index (χ0n) is 13.5. The molecular weight excluding hydrogens is 264 g/mol. The van der Waals surface area contributed by atoms with Gasteiger partial charge in [-0.3, -0.25) is 0 Å². The van der Waals surface area contributed by atoms with E-state index < -0.39 is 5.79 Å². The van der Waals surface area contributed by atoms with E-state index in [-0.39, 0.29) is 0 Å². The maximum Gasteiger partial charge on any atom is 0.246 e. The van der Waals surface area contributed by atoms with E-state index in [9.17, 15) is 0 Å². The molecule has 4 heteroatoms. The molecular formula is C17H26N2O2. The first-order valence-corrected chi connectivity index (χ1v) is 7.90. The summed E-state index contributed by atoms with van der Waals surface area (Å²) in [4.78, 5) is 2.41. The van der Waals surface area contributed by atoms with Crippen LogP contribution in [0.3, 0.4) is 0 Å². The van der Waals surface area contributed by atoms with Gasteiger partial charge in [0.15, 0.2) is 11.5 Å². The number of piperidine rings is 1. The van der Waals surface area contributed by atoms with Crippen LogP contribution >= 0.6 is 0 Å². The van der Waals surface area contributed by atoms with Gasteiger partial charge in [-0.05, 0) is 58.0 Å². The van der Waals surface area contributed by atoms with Gasteiger partial charge in [-0.1, -0.05) is 0 Å². The summed E-state index contributed by atoms with van der Waals surface area (Å²) in [6.45, 7) is 8.55. The summed E-state index contributed by atoms with van der Waals surface area (Å²) < 4.78 is 11.5. The normalized spacial score (nSPS) is 23.0. The molecule has 0 aliphatic carbocycles. The Kier molecular flexibility index (Phi) is 3.74. The molecule has 1 saturated heterocycles. The molecule has 2 aliphatic rings. The zero-order chi connectivity index (χ0) is 15.0. The van der Waals surface area contributed by atoms with Crippen molar-refractivity contribution in [2.45, 2.75) is 45.4 Å². The van der Waals surface area contributed by atoms with Crippen molar-refractivity contribution in [3.05, 3.63) is 18.2 Å². The number of fused-ring (bicyclic) bond motifs is 1. The quantitative estimate of drug-likeness (QED) is 0.926. The Bertz CT molecular complexity index is 508. The van der Waals surface area contributed by atoms with Crippen molar-refractivity contribution in [3.8, 4) is 11.5 Å². The van der Waals surface area contributed by atoms with Gasteiger partial charge in [0.25, 0.3) is 0 Å². The van der Waals surface area contributed by atoms with Crippen LogP contribution in [0.25, 0.3) is 0 Å². The van der Waals surface area contributed by atoms with Crippen LogP contribution < -0.4 is 14.8 Å². The Hall–Kier alpha value is -1.42. The first-order valence-electron chi connectivity index (χ1n) is 7.90. The fraction of sp³-hybridized carbons (Fsp3) is 0.647. The number of likely N-dealkylation sites (tertiary alicyclic amines) is 1. The molecule has 2 heterocycles. The monoisotopic (exact) mass is 290 g/mol. The smallest absolute Gasteiger partial charge is 0.246 e. The Morgan fingerprint density at radius 3 is 2.57 bits per heavy atom. The summed E-state index contributed by atoms with van der Waals surface area (Å²) in [7, 11) is 2.20. The molecule has 1 fully saturated rings. The van der Waals surface area contributed by atoms with Crippen LogP contribution in [0, 0.1) is 5.92 Å². The average molecular weight is 290 g/mol. The van der Waals surface area contributed by atoms with Crippen molar-refractivity contribution >= 4 is 5.69 Å². The predicted octanol–water partition coefficient (Wildman–Crippen LogP) is 3.34. The topological polar surface area (TPSA) is 33.7 Å². The van der Waals surface area contributed by atoms with Gasteiger partial charge < -0.3 is 19.7 Å². The minimum atomic E-state index is -0.555. The summed E-state index contributed by atoms with van der Waals surface area (Å²) in [5, 5.41) is 3.63. The molecule has 0 saturated carbocycles. The summed E-state index contributed by atoms with van der Waals surface area (Å²) in [5.41, 5.74) is 1.11. The van der Waals surface area contributed by atoms with Crippen LogP contribution in [-0.2, 0) is 0 Å². The Balaban J connectivity index is 1.64. The van der Waals surface area contributed by atoms with Crippen molar-refractivity contribution < 1.29 is 9.47 Å². The number of hydrogen-bond acceptors (Lipinski definition) is 4. The fourth-order valence-electron chi connectivity index (χ4n) is 3.22. The molecule has 21 heavy (non-hydrogen) atoms. The molecule has 116 valence electrons. The van der Waals surface area contributed by atoms with Gasteiger partial charge >= 0.3 is 0 Å². The van der Waals surface area contributed by atoms with Crippen LogP contribution in [0.2, 0.25) is 0 Å². The second-order valence-electron chi connectivity index (χ2n) is 6.84. The van der Waals surface area contributed by atoms with Crippen molar-refractivity contribution in [2.24, 2.45) is 5.92 Å². The summed E-state index contributed by atoms with van der Waals surface area (Å²) in [5.74, 6) is 1.85. The molecule has 0 radical (unpaired) electrons. The fourth-order valence-corrected chi connectivity index (χ4v) is 3.22. The minimum Gasteiger partial charge on any atom is -0.449 e. The van der Waals surface area contributed by atoms with E-state index >= 15 is 0 Å². The number of nitrogens with zero attached hydrogens (tertiary/aromatic N) is 1. The molecule has 3 rings (SSSR count). The van der Waals surface area contributed by atoms with E-state index in [0.717, 1.165) is 23.1 Å². The summed E-state index contributed by atoms with van der Waals surface area (Å²) in [6, 6.07) is 6.60. The van der Waals surface area contributed by atoms with Crippen LogP contribution in [0.5, 0.6) is 11.5 Å². The van der Waals surface area contributed by atoms with Gasteiger partial charge in [0.05, 0.1) is 0 Å². The minimum absolute atomic E-state index is 0.479. The molecule has 0 bridgehead atoms. The van der Waals surface area contributed by atoms with Crippen LogP contribution in [0.15, 0.2) is 18.2 Å². The van der Waals surface area contributed by atoms with Crippen LogP contribution in [0.1, 0.15) is 33.6 Å². The highest BCUT2D eigenvalue weighted by Gasteiger charge is 2.32. The van der Waals surface area contributed by atoms with Crippen molar-refractivity contribution in [1.82, 2.24) is 4.90 Å². The van der Waals surface area contributed by atoms with E-state index in [2.05, 4.69) is 36.3 Å². The molecule has 1 N–H and O–H groups in total. The third-order valence-electron chi connectivity index (χ3n) is 4.52. The highest BCUT2D eigenvalue weighted by atomic mass is 16.7. The standard InChI is InChI=1S/C17H26N2O2/c1-12(13-7-9-19(4)10-8-13)18-14-5-6-15-16(11-14)21-17(2,3)20-15/h5-6,11-13,18H,7-10H2,1-4H3. The summed E-state index contributed by atoms with van der Waals surface area (Å²) in [6.07, 6.45) is 2.53. The van der Waals surface area contributed by atoms with Crippen molar-refractivity contribution in [1.29, 1.82) is 0 Å². The Morgan fingerprint density at radius 2 is 1.86 bits per heavy atom. The molecule has 4 nitrogen and oxygen atoms in total. The van der Waals surface area contributed by atoms with Gasteiger partial charge in [0.1, 0.15) is 0 Å². The predicted molar refractivity (Wildman–Crippen MR) is 85.1 cm³/mol.